The van der Waals surface area contributed by atoms with Gasteiger partial charge in [-0.2, -0.15) is 0 Å². The van der Waals surface area contributed by atoms with Crippen molar-refractivity contribution in [2.45, 2.75) is 71.3 Å². The first-order valence-corrected chi connectivity index (χ1v) is 11.3. The lowest BCUT2D eigenvalue weighted by molar-refractivity contribution is -0.137. The van der Waals surface area contributed by atoms with Gasteiger partial charge in [-0.25, -0.2) is 0 Å². The number of nitrogens with one attached hydrogen (secondary N) is 1. The van der Waals surface area contributed by atoms with E-state index in [1.165, 1.54) is 38.5 Å². The van der Waals surface area contributed by atoms with Crippen molar-refractivity contribution in [2.75, 3.05) is 39.3 Å². The second-order valence-corrected chi connectivity index (χ2v) is 9.96. The Balaban J connectivity index is 1.17. The van der Waals surface area contributed by atoms with Gasteiger partial charge in [0.1, 0.15) is 0 Å². The summed E-state index contributed by atoms with van der Waals surface area (Å²) in [7, 11) is 0. The van der Waals surface area contributed by atoms with Crippen LogP contribution in [0.25, 0.3) is 0 Å². The molecular weight excluding hydrogens is 322 g/mol. The van der Waals surface area contributed by atoms with Crippen molar-refractivity contribution in [1.82, 2.24) is 15.1 Å². The molecule has 4 heteroatoms. The van der Waals surface area contributed by atoms with Gasteiger partial charge in [-0.3, -0.25) is 9.69 Å². The summed E-state index contributed by atoms with van der Waals surface area (Å²) in [6, 6.07) is 0.720. The average Bonchev–Trinajstić information content (AvgIpc) is 3.20. The van der Waals surface area contributed by atoms with Crippen molar-refractivity contribution in [3.8, 4) is 0 Å². The Kier molecular flexibility index (Phi) is 5.61. The second-order valence-electron chi connectivity index (χ2n) is 9.96. The zero-order valence-electron chi connectivity index (χ0n) is 17.0. The van der Waals surface area contributed by atoms with Gasteiger partial charge >= 0.3 is 0 Å². The predicted molar refractivity (Wildman–Crippen MR) is 106 cm³/mol. The number of rotatable bonds is 5. The molecule has 1 amide bonds. The summed E-state index contributed by atoms with van der Waals surface area (Å²) in [5.41, 5.74) is 0.484. The number of piperazine rings is 1. The monoisotopic (exact) mass is 361 g/mol. The molecule has 0 aromatic rings. The summed E-state index contributed by atoms with van der Waals surface area (Å²) < 4.78 is 0. The van der Waals surface area contributed by atoms with Crippen LogP contribution in [0.5, 0.6) is 0 Å². The molecule has 4 rings (SSSR count). The maximum absolute atomic E-state index is 12.6. The molecular formula is C22H39N3O. The molecule has 3 atom stereocenters. The molecule has 1 N–H and O–H groups in total. The van der Waals surface area contributed by atoms with E-state index < -0.39 is 0 Å². The Hall–Kier alpha value is -0.610. The van der Waals surface area contributed by atoms with Crippen molar-refractivity contribution in [3.63, 3.8) is 0 Å². The van der Waals surface area contributed by atoms with E-state index in [1.807, 2.05) is 0 Å². The van der Waals surface area contributed by atoms with Gasteiger partial charge in [-0.05, 0) is 42.9 Å². The molecule has 0 radical (unpaired) electrons. The Morgan fingerprint density at radius 3 is 2.35 bits per heavy atom. The van der Waals surface area contributed by atoms with E-state index in [9.17, 15) is 4.79 Å². The standard InChI is InChI=1S/C22H39N3O/c1-22(2)19-10-6-5-9-18(19)20(22)23-11-12-24-13-15-25(16-14-24)21(26)17-7-3-4-8-17/h17-20,23H,3-16H2,1-2H3/t18-,19+,20?/m1/s1. The summed E-state index contributed by atoms with van der Waals surface area (Å²) in [6.07, 6.45) is 10.5. The molecule has 0 aromatic heterocycles. The number of fused-ring (bicyclic) bond motifs is 1. The molecule has 26 heavy (non-hydrogen) atoms. The molecule has 0 spiro atoms. The first-order chi connectivity index (χ1) is 12.6. The van der Waals surface area contributed by atoms with Crippen LogP contribution in [0.3, 0.4) is 0 Å². The molecule has 3 aliphatic carbocycles. The molecule has 1 heterocycles. The van der Waals surface area contributed by atoms with Crippen molar-refractivity contribution in [2.24, 2.45) is 23.2 Å². The number of hydrogen-bond donors (Lipinski definition) is 1. The summed E-state index contributed by atoms with van der Waals surface area (Å²) >= 11 is 0. The van der Waals surface area contributed by atoms with Crippen LogP contribution in [-0.2, 0) is 4.79 Å². The van der Waals surface area contributed by atoms with Crippen LogP contribution in [0.15, 0.2) is 0 Å². The van der Waals surface area contributed by atoms with Crippen LogP contribution >= 0.6 is 0 Å². The first kappa shape index (κ1) is 18.7. The van der Waals surface area contributed by atoms with E-state index in [1.54, 1.807) is 0 Å². The predicted octanol–water partition coefficient (Wildman–Crippen LogP) is 3.13. The normalized spacial score (nSPS) is 35.2. The van der Waals surface area contributed by atoms with Crippen molar-refractivity contribution < 1.29 is 4.79 Å². The molecule has 4 nitrogen and oxygen atoms in total. The van der Waals surface area contributed by atoms with Gasteiger partial charge in [-0.15, -0.1) is 0 Å². The average molecular weight is 362 g/mol. The summed E-state index contributed by atoms with van der Waals surface area (Å²) in [5.74, 6) is 2.67. The van der Waals surface area contributed by atoms with E-state index in [0.717, 1.165) is 70.0 Å². The van der Waals surface area contributed by atoms with Crippen molar-refractivity contribution >= 4 is 5.91 Å². The smallest absolute Gasteiger partial charge is 0.225 e. The van der Waals surface area contributed by atoms with Gasteiger partial charge in [0.2, 0.25) is 5.91 Å². The highest BCUT2D eigenvalue weighted by atomic mass is 16.2. The molecule has 1 saturated heterocycles. The number of amides is 1. The zero-order valence-corrected chi connectivity index (χ0v) is 17.0. The SMILES string of the molecule is CC1(C)C(NCCN2CCN(C(=O)C3CCCC3)CC2)[C@@H]2CCCC[C@@H]21. The third kappa shape index (κ3) is 3.56. The van der Waals surface area contributed by atoms with Crippen LogP contribution in [0, 0.1) is 23.2 Å². The molecule has 148 valence electrons. The minimum absolute atomic E-state index is 0.340. The molecule has 3 saturated carbocycles. The van der Waals surface area contributed by atoms with Gasteiger partial charge in [0.05, 0.1) is 0 Å². The fourth-order valence-corrected chi connectivity index (χ4v) is 6.56. The van der Waals surface area contributed by atoms with Crippen molar-refractivity contribution in [1.29, 1.82) is 0 Å². The van der Waals surface area contributed by atoms with E-state index in [2.05, 4.69) is 29.0 Å². The van der Waals surface area contributed by atoms with Crippen LogP contribution in [0.2, 0.25) is 0 Å². The lowest BCUT2D eigenvalue weighted by atomic mass is 9.48. The maximum atomic E-state index is 12.6. The van der Waals surface area contributed by atoms with Crippen molar-refractivity contribution in [3.05, 3.63) is 0 Å². The molecule has 4 aliphatic rings. The summed E-state index contributed by atoms with van der Waals surface area (Å²) in [4.78, 5) is 17.2. The quantitative estimate of drug-likeness (QED) is 0.817. The highest BCUT2D eigenvalue weighted by Crippen LogP contribution is 2.57. The number of hydrogen-bond acceptors (Lipinski definition) is 3. The number of nitrogens with zero attached hydrogens (tertiary/aromatic N) is 2. The largest absolute Gasteiger partial charge is 0.340 e. The molecule has 0 bridgehead atoms. The summed E-state index contributed by atoms with van der Waals surface area (Å²) in [5, 5.41) is 3.91. The third-order valence-corrected chi connectivity index (χ3v) is 8.19. The Labute approximate surface area is 160 Å². The number of carbonyl (C=O) groups is 1. The fraction of sp³-hybridized carbons (Fsp3) is 0.955. The van der Waals surface area contributed by atoms with E-state index >= 15 is 0 Å². The van der Waals surface area contributed by atoms with Crippen LogP contribution in [0.1, 0.15) is 65.2 Å². The topological polar surface area (TPSA) is 35.6 Å². The zero-order chi connectivity index (χ0) is 18.1. The van der Waals surface area contributed by atoms with E-state index in [-0.39, 0.29) is 0 Å². The lowest BCUT2D eigenvalue weighted by Gasteiger charge is -2.61. The van der Waals surface area contributed by atoms with Gasteiger partial charge in [0.15, 0.2) is 0 Å². The minimum atomic E-state index is 0.340. The summed E-state index contributed by atoms with van der Waals surface area (Å²) in [6.45, 7) is 11.2. The van der Waals surface area contributed by atoms with Gasteiger partial charge in [0.25, 0.3) is 0 Å². The van der Waals surface area contributed by atoms with Gasteiger partial charge in [-0.1, -0.05) is 39.5 Å². The Morgan fingerprint density at radius 1 is 0.962 bits per heavy atom. The number of carbonyl (C=O) groups excluding carboxylic acids is 1. The third-order valence-electron chi connectivity index (χ3n) is 8.19. The maximum Gasteiger partial charge on any atom is 0.225 e. The minimum Gasteiger partial charge on any atom is -0.340 e. The Bertz CT molecular complexity index is 492. The molecule has 4 fully saturated rings. The molecule has 1 aliphatic heterocycles. The van der Waals surface area contributed by atoms with Crippen LogP contribution < -0.4 is 5.32 Å². The highest BCUT2D eigenvalue weighted by Gasteiger charge is 2.55. The van der Waals surface area contributed by atoms with E-state index in [4.69, 9.17) is 0 Å². The fourth-order valence-electron chi connectivity index (χ4n) is 6.56. The Morgan fingerprint density at radius 2 is 1.62 bits per heavy atom. The van der Waals surface area contributed by atoms with Crippen LogP contribution in [-0.4, -0.2) is 61.0 Å². The first-order valence-electron chi connectivity index (χ1n) is 11.3. The second kappa shape index (κ2) is 7.79. The molecule has 0 aromatic carbocycles. The van der Waals surface area contributed by atoms with Gasteiger partial charge in [0, 0.05) is 51.2 Å². The van der Waals surface area contributed by atoms with Gasteiger partial charge < -0.3 is 10.2 Å². The highest BCUT2D eigenvalue weighted by molar-refractivity contribution is 5.79. The van der Waals surface area contributed by atoms with E-state index in [0.29, 0.717) is 17.2 Å². The molecule has 1 unspecified atom stereocenters. The van der Waals surface area contributed by atoms with Crippen LogP contribution in [0.4, 0.5) is 0 Å². The lowest BCUT2D eigenvalue weighted by Crippen LogP contribution is -2.65.